The van der Waals surface area contributed by atoms with Crippen LogP contribution in [0.5, 0.6) is 0 Å². The second-order valence-corrected chi connectivity index (χ2v) is 22.0. The Labute approximate surface area is 492 Å². The molecule has 0 radical (unpaired) electrons. The fourth-order valence-corrected chi connectivity index (χ4v) is 9.45. The molecular weight excluding hydrogens is 1020 g/mol. The Morgan fingerprint density at radius 2 is 0.802 bits per heavy atom. The molecule has 6 atom stereocenters. The van der Waals surface area contributed by atoms with Crippen LogP contribution < -0.4 is 0 Å². The van der Waals surface area contributed by atoms with Crippen LogP contribution in [-0.2, 0) is 42.9 Å². The molecule has 1 heterocycles. The molecule has 0 bridgehead atoms. The lowest BCUT2D eigenvalue weighted by atomic mass is 9.98. The highest BCUT2D eigenvalue weighted by Crippen LogP contribution is 2.27. The highest BCUT2D eigenvalue weighted by Gasteiger charge is 2.50. The monoisotopic (exact) mass is 1140 g/mol. The number of unbranched alkanes of at least 4 members (excludes halogenated alkanes) is 27. The average molecular weight is 1140 g/mol. The van der Waals surface area contributed by atoms with E-state index in [1.807, 2.05) is 0 Å². The fraction of sp³-hybridized carbons (Fsp3) is 0.739. The summed E-state index contributed by atoms with van der Waals surface area (Å²) in [6.07, 6.45) is 61.1. The van der Waals surface area contributed by atoms with E-state index in [1.54, 1.807) is 0 Å². The quantitative estimate of drug-likeness (QED) is 0.0228. The molecule has 12 nitrogen and oxygen atoms in total. The Bertz CT molecular complexity index is 1730. The van der Waals surface area contributed by atoms with E-state index in [4.69, 9.17) is 23.7 Å². The van der Waals surface area contributed by atoms with Crippen LogP contribution in [0.1, 0.15) is 278 Å². The molecule has 0 aromatic rings. The zero-order valence-electron chi connectivity index (χ0n) is 51.3. The van der Waals surface area contributed by atoms with Gasteiger partial charge in [0.15, 0.2) is 24.6 Å². The van der Waals surface area contributed by atoms with Crippen molar-refractivity contribution in [1.82, 2.24) is 0 Å². The summed E-state index contributed by atoms with van der Waals surface area (Å²) in [6, 6.07) is 0. The highest BCUT2D eigenvalue weighted by molar-refractivity contribution is 5.74. The van der Waals surface area contributed by atoms with Crippen LogP contribution in [0.2, 0.25) is 0 Å². The van der Waals surface area contributed by atoms with Crippen LogP contribution in [0.4, 0.5) is 0 Å². The minimum Gasteiger partial charge on any atom is -0.479 e. The molecule has 1 fully saturated rings. The molecule has 0 aromatic heterocycles. The summed E-state index contributed by atoms with van der Waals surface area (Å²) >= 11 is 0. The molecule has 0 aliphatic carbocycles. The van der Waals surface area contributed by atoms with Gasteiger partial charge in [0, 0.05) is 19.3 Å². The lowest BCUT2D eigenvalue weighted by Crippen LogP contribution is -2.61. The lowest BCUT2D eigenvalue weighted by molar-refractivity contribution is -0.301. The number of rotatable bonds is 55. The van der Waals surface area contributed by atoms with E-state index < -0.39 is 67.3 Å². The molecule has 81 heavy (non-hydrogen) atoms. The van der Waals surface area contributed by atoms with Crippen molar-refractivity contribution in [3.05, 3.63) is 85.1 Å². The standard InChI is InChI=1S/C69H116O12/c1-4-7-10-13-16-19-22-25-27-29-31-33-35-38-40-43-46-49-52-55-61(70)77-58-60(79-62(71)56-53-50-47-44-41-37-24-21-18-15-12-9-6-3)59-78-69-67(65(74)64(73)66(81-69)68(75)76)80-63(72)57-54-51-48-45-42-39-36-34-32-30-28-26-23-20-17-14-11-8-5-2/h7,10,12,15-16,19,21,24-28,31,33,60,64-67,69,73-74H,4-6,8-9,11,13-14,17-18,20,22-23,29-30,32,34-59H2,1-3H3,(H,75,76)/b10-7-,15-12-,19-16-,24-21-,27-25-,28-26-,33-31-. The summed E-state index contributed by atoms with van der Waals surface area (Å²) in [5.74, 6) is -3.15. The third-order valence-electron chi connectivity index (χ3n) is 14.4. The fourth-order valence-electron chi connectivity index (χ4n) is 9.45. The molecule has 0 saturated carbocycles. The number of aliphatic hydroxyl groups is 2. The molecule has 0 aromatic carbocycles. The summed E-state index contributed by atoms with van der Waals surface area (Å²) in [6.45, 7) is 5.81. The van der Waals surface area contributed by atoms with Crippen LogP contribution in [-0.4, -0.2) is 89.2 Å². The largest absolute Gasteiger partial charge is 0.479 e. The van der Waals surface area contributed by atoms with Gasteiger partial charge in [-0.05, 0) is 109 Å². The molecule has 1 saturated heterocycles. The first-order valence-corrected chi connectivity index (χ1v) is 32.6. The first-order chi connectivity index (χ1) is 39.6. The zero-order chi connectivity index (χ0) is 58.9. The number of aliphatic hydroxyl groups excluding tert-OH is 2. The summed E-state index contributed by atoms with van der Waals surface area (Å²) < 4.78 is 28.5. The van der Waals surface area contributed by atoms with Crippen molar-refractivity contribution in [3.63, 3.8) is 0 Å². The lowest BCUT2D eigenvalue weighted by Gasteiger charge is -2.40. The summed E-state index contributed by atoms with van der Waals surface area (Å²) in [5, 5.41) is 31.6. The summed E-state index contributed by atoms with van der Waals surface area (Å²) in [5.41, 5.74) is 0. The number of ether oxygens (including phenoxy) is 5. The van der Waals surface area contributed by atoms with Gasteiger partial charge in [-0.3, -0.25) is 14.4 Å². The van der Waals surface area contributed by atoms with Crippen LogP contribution in [0.15, 0.2) is 85.1 Å². The number of carboxylic acids is 1. The van der Waals surface area contributed by atoms with Crippen molar-refractivity contribution in [3.8, 4) is 0 Å². The Morgan fingerprint density at radius 3 is 1.25 bits per heavy atom. The van der Waals surface area contributed by atoms with E-state index in [9.17, 15) is 34.5 Å². The highest BCUT2D eigenvalue weighted by atomic mass is 16.7. The summed E-state index contributed by atoms with van der Waals surface area (Å²) in [4.78, 5) is 51.3. The average Bonchev–Trinajstić information content (AvgIpc) is 3.45. The first-order valence-electron chi connectivity index (χ1n) is 32.6. The number of hydrogen-bond acceptors (Lipinski definition) is 11. The van der Waals surface area contributed by atoms with Crippen molar-refractivity contribution in [2.24, 2.45) is 0 Å². The number of aliphatic carboxylic acids is 1. The van der Waals surface area contributed by atoms with Gasteiger partial charge in [-0.2, -0.15) is 0 Å². The van der Waals surface area contributed by atoms with Crippen LogP contribution in [0.25, 0.3) is 0 Å². The first kappa shape index (κ1) is 74.9. The van der Waals surface area contributed by atoms with Crippen molar-refractivity contribution in [2.75, 3.05) is 13.2 Å². The number of allylic oxidation sites excluding steroid dienone is 14. The Balaban J connectivity index is 2.65. The molecular formula is C69H116O12. The van der Waals surface area contributed by atoms with Gasteiger partial charge in [-0.15, -0.1) is 0 Å². The van der Waals surface area contributed by atoms with Crippen molar-refractivity contribution in [2.45, 2.75) is 314 Å². The van der Waals surface area contributed by atoms with Gasteiger partial charge in [0.05, 0.1) is 6.61 Å². The van der Waals surface area contributed by atoms with Gasteiger partial charge in [-0.25, -0.2) is 4.79 Å². The predicted molar refractivity (Wildman–Crippen MR) is 331 cm³/mol. The minimum absolute atomic E-state index is 0.0533. The summed E-state index contributed by atoms with van der Waals surface area (Å²) in [7, 11) is 0. The second-order valence-electron chi connectivity index (χ2n) is 22.0. The predicted octanol–water partition coefficient (Wildman–Crippen LogP) is 17.5. The Hall–Kier alpha value is -4.10. The van der Waals surface area contributed by atoms with Gasteiger partial charge >= 0.3 is 23.9 Å². The molecule has 12 heteroatoms. The topological polar surface area (TPSA) is 175 Å². The number of carbonyl (C=O) groups is 4. The van der Waals surface area contributed by atoms with Gasteiger partial charge in [0.25, 0.3) is 0 Å². The van der Waals surface area contributed by atoms with Crippen molar-refractivity contribution in [1.29, 1.82) is 0 Å². The molecule has 0 amide bonds. The smallest absolute Gasteiger partial charge is 0.335 e. The van der Waals surface area contributed by atoms with Crippen molar-refractivity contribution >= 4 is 23.9 Å². The van der Waals surface area contributed by atoms with E-state index in [0.717, 1.165) is 148 Å². The Kier molecular flexibility index (Phi) is 52.1. The van der Waals surface area contributed by atoms with E-state index in [0.29, 0.717) is 19.3 Å². The zero-order valence-corrected chi connectivity index (χ0v) is 51.3. The number of carboxylic acid groups (broad SMARTS) is 1. The van der Waals surface area contributed by atoms with Gasteiger partial charge in [0.1, 0.15) is 18.8 Å². The van der Waals surface area contributed by atoms with Gasteiger partial charge in [0.2, 0.25) is 0 Å². The number of esters is 3. The maximum atomic E-state index is 13.2. The maximum Gasteiger partial charge on any atom is 0.335 e. The molecule has 1 aliphatic heterocycles. The van der Waals surface area contributed by atoms with E-state index in [2.05, 4.69) is 106 Å². The van der Waals surface area contributed by atoms with Crippen molar-refractivity contribution < 1.29 is 58.2 Å². The van der Waals surface area contributed by atoms with Gasteiger partial charge < -0.3 is 39.0 Å². The van der Waals surface area contributed by atoms with Crippen LogP contribution >= 0.6 is 0 Å². The molecule has 1 rings (SSSR count). The normalized spacial score (nSPS) is 18.3. The number of hydrogen-bond donors (Lipinski definition) is 3. The second kappa shape index (κ2) is 56.4. The van der Waals surface area contributed by atoms with E-state index in [1.165, 1.54) is 70.6 Å². The third kappa shape index (κ3) is 46.0. The van der Waals surface area contributed by atoms with E-state index >= 15 is 0 Å². The molecule has 464 valence electrons. The Morgan fingerprint density at radius 1 is 0.420 bits per heavy atom. The molecule has 1 aliphatic rings. The third-order valence-corrected chi connectivity index (χ3v) is 14.4. The maximum absolute atomic E-state index is 13.2. The molecule has 6 unspecified atom stereocenters. The molecule has 0 spiro atoms. The van der Waals surface area contributed by atoms with Gasteiger partial charge in [-0.1, -0.05) is 234 Å². The minimum atomic E-state index is -1.91. The SMILES string of the molecule is CC/C=C\C/C=C\C/C=C\C/C=C\CCCCCCCCC(=O)OCC(COC1OC(C(=O)O)C(O)C(O)C1OC(=O)CCCCCCCCCCC/C=C\CCCCCCCC)OC(=O)CCCCCCC/C=C\C/C=C\CCC. The molecule has 3 N–H and O–H groups in total. The van der Waals surface area contributed by atoms with Crippen LogP contribution in [0, 0.1) is 0 Å². The number of carbonyl (C=O) groups excluding carboxylic acids is 3. The van der Waals surface area contributed by atoms with E-state index in [-0.39, 0.29) is 25.9 Å². The van der Waals surface area contributed by atoms with Crippen LogP contribution in [0.3, 0.4) is 0 Å².